The molecule has 0 spiro atoms. The van der Waals surface area contributed by atoms with E-state index in [1.54, 1.807) is 7.11 Å². The zero-order valence-corrected chi connectivity index (χ0v) is 13.9. The molecule has 0 amide bonds. The number of anilines is 1. The van der Waals surface area contributed by atoms with Crippen LogP contribution < -0.4 is 10.5 Å². The number of pyridine rings is 1. The lowest BCUT2D eigenvalue weighted by Crippen LogP contribution is -2.13. The molecular formula is C19H20N4O. The molecule has 0 fully saturated rings. The van der Waals surface area contributed by atoms with Crippen LogP contribution in [0.15, 0.2) is 30.6 Å². The molecule has 24 heavy (non-hydrogen) atoms. The number of hydrogen-bond acceptors (Lipinski definition) is 5. The Morgan fingerprint density at radius 1 is 1.17 bits per heavy atom. The normalized spacial score (nSPS) is 16.8. The van der Waals surface area contributed by atoms with Gasteiger partial charge in [0.25, 0.3) is 0 Å². The van der Waals surface area contributed by atoms with Crippen molar-refractivity contribution in [3.63, 3.8) is 0 Å². The number of ether oxygens (including phenoxy) is 1. The van der Waals surface area contributed by atoms with E-state index in [9.17, 15) is 0 Å². The number of nitrogens with two attached hydrogens (primary N) is 1. The second kappa shape index (κ2) is 5.74. The summed E-state index contributed by atoms with van der Waals surface area (Å²) in [7, 11) is 1.67. The van der Waals surface area contributed by atoms with E-state index in [-0.39, 0.29) is 0 Å². The Morgan fingerprint density at radius 2 is 1.96 bits per heavy atom. The fourth-order valence-corrected chi connectivity index (χ4v) is 3.63. The van der Waals surface area contributed by atoms with Crippen LogP contribution in [0.2, 0.25) is 0 Å². The van der Waals surface area contributed by atoms with Gasteiger partial charge < -0.3 is 10.5 Å². The monoisotopic (exact) mass is 320 g/mol. The highest BCUT2D eigenvalue weighted by molar-refractivity contribution is 6.01. The Hall–Kier alpha value is -2.69. The molecule has 1 aliphatic rings. The van der Waals surface area contributed by atoms with E-state index >= 15 is 0 Å². The molecule has 3 aromatic rings. The molecule has 0 bridgehead atoms. The summed E-state index contributed by atoms with van der Waals surface area (Å²) in [4.78, 5) is 13.4. The zero-order valence-electron chi connectivity index (χ0n) is 13.9. The molecule has 1 atom stereocenters. The Bertz CT molecular complexity index is 905. The van der Waals surface area contributed by atoms with Crippen LogP contribution in [0.3, 0.4) is 0 Å². The van der Waals surface area contributed by atoms with Crippen molar-refractivity contribution in [3.8, 4) is 16.9 Å². The maximum absolute atomic E-state index is 6.20. The Balaban J connectivity index is 2.07. The lowest BCUT2D eigenvalue weighted by atomic mass is 9.82. The number of aromatic nitrogens is 3. The Morgan fingerprint density at radius 3 is 2.71 bits per heavy atom. The molecule has 2 aromatic heterocycles. The van der Waals surface area contributed by atoms with E-state index in [1.807, 2.05) is 12.1 Å². The van der Waals surface area contributed by atoms with Crippen LogP contribution in [-0.4, -0.2) is 22.1 Å². The lowest BCUT2D eigenvalue weighted by Gasteiger charge is -2.25. The Labute approximate surface area is 140 Å². The SMILES string of the molecule is COc1ccc(-c2c3c(nc4ncnc(N)c24)C(C)CCC3)cc1. The third kappa shape index (κ3) is 2.28. The maximum atomic E-state index is 6.20. The third-order valence-electron chi connectivity index (χ3n) is 4.85. The van der Waals surface area contributed by atoms with E-state index in [2.05, 4.69) is 29.0 Å². The van der Waals surface area contributed by atoms with Gasteiger partial charge in [-0.05, 0) is 48.4 Å². The van der Waals surface area contributed by atoms with Gasteiger partial charge >= 0.3 is 0 Å². The largest absolute Gasteiger partial charge is 0.497 e. The molecule has 2 N–H and O–H groups in total. The summed E-state index contributed by atoms with van der Waals surface area (Å²) < 4.78 is 5.28. The Kier molecular flexibility index (Phi) is 3.56. The second-order valence-corrected chi connectivity index (χ2v) is 6.33. The number of methoxy groups -OCH3 is 1. The molecule has 0 saturated heterocycles. The molecule has 1 unspecified atom stereocenters. The summed E-state index contributed by atoms with van der Waals surface area (Å²) in [6.07, 6.45) is 4.83. The van der Waals surface area contributed by atoms with Gasteiger partial charge in [-0.25, -0.2) is 15.0 Å². The van der Waals surface area contributed by atoms with Crippen LogP contribution in [-0.2, 0) is 6.42 Å². The summed E-state index contributed by atoms with van der Waals surface area (Å²) in [5.41, 5.74) is 11.6. The van der Waals surface area contributed by atoms with Crippen molar-refractivity contribution in [1.29, 1.82) is 0 Å². The van der Waals surface area contributed by atoms with Gasteiger partial charge in [-0.2, -0.15) is 0 Å². The van der Waals surface area contributed by atoms with Crippen molar-refractivity contribution in [2.75, 3.05) is 12.8 Å². The fourth-order valence-electron chi connectivity index (χ4n) is 3.63. The number of nitrogen functional groups attached to an aromatic ring is 1. The zero-order chi connectivity index (χ0) is 16.7. The van der Waals surface area contributed by atoms with Crippen LogP contribution in [0, 0.1) is 0 Å². The van der Waals surface area contributed by atoms with Crippen molar-refractivity contribution >= 4 is 16.9 Å². The van der Waals surface area contributed by atoms with E-state index in [1.165, 1.54) is 11.9 Å². The topological polar surface area (TPSA) is 73.9 Å². The van der Waals surface area contributed by atoms with Gasteiger partial charge in [-0.1, -0.05) is 19.1 Å². The maximum Gasteiger partial charge on any atom is 0.165 e. The highest BCUT2D eigenvalue weighted by atomic mass is 16.5. The minimum atomic E-state index is 0.436. The fraction of sp³-hybridized carbons (Fsp3) is 0.316. The number of fused-ring (bicyclic) bond motifs is 2. The molecule has 1 aromatic carbocycles. The van der Waals surface area contributed by atoms with E-state index in [0.29, 0.717) is 17.4 Å². The van der Waals surface area contributed by atoms with Crippen molar-refractivity contribution < 1.29 is 4.74 Å². The van der Waals surface area contributed by atoms with Crippen LogP contribution in [0.25, 0.3) is 22.2 Å². The lowest BCUT2D eigenvalue weighted by molar-refractivity contribution is 0.415. The molecule has 5 heteroatoms. The van der Waals surface area contributed by atoms with Gasteiger partial charge in [0.15, 0.2) is 5.65 Å². The number of nitrogens with zero attached hydrogens (tertiary/aromatic N) is 3. The van der Waals surface area contributed by atoms with Crippen LogP contribution in [0.5, 0.6) is 5.75 Å². The number of benzene rings is 1. The predicted molar refractivity (Wildman–Crippen MR) is 95.1 cm³/mol. The van der Waals surface area contributed by atoms with Crippen molar-refractivity contribution in [3.05, 3.63) is 41.9 Å². The average Bonchev–Trinajstić information content (AvgIpc) is 2.61. The minimum absolute atomic E-state index is 0.436. The van der Waals surface area contributed by atoms with E-state index in [0.717, 1.165) is 47.2 Å². The van der Waals surface area contributed by atoms with Gasteiger partial charge in [0.2, 0.25) is 0 Å². The van der Waals surface area contributed by atoms with Gasteiger partial charge in [0, 0.05) is 11.3 Å². The average molecular weight is 320 g/mol. The van der Waals surface area contributed by atoms with Gasteiger partial charge in [-0.3, -0.25) is 0 Å². The summed E-state index contributed by atoms with van der Waals surface area (Å²) in [5, 5.41) is 0.857. The number of rotatable bonds is 2. The number of hydrogen-bond donors (Lipinski definition) is 1. The van der Waals surface area contributed by atoms with Crippen LogP contribution in [0.4, 0.5) is 5.82 Å². The molecule has 5 nitrogen and oxygen atoms in total. The predicted octanol–water partition coefficient (Wildman–Crippen LogP) is 3.72. The standard InChI is InChI=1S/C19H20N4O/c1-11-4-3-5-14-15(12-6-8-13(24-2)9-7-12)16-18(20)21-10-22-19(16)23-17(11)14/h6-11H,3-5H2,1-2H3,(H2,20,21,22,23). The molecule has 1 aliphatic carbocycles. The molecular weight excluding hydrogens is 300 g/mol. The highest BCUT2D eigenvalue weighted by Crippen LogP contribution is 2.41. The van der Waals surface area contributed by atoms with Crippen LogP contribution >= 0.6 is 0 Å². The summed E-state index contributed by atoms with van der Waals surface area (Å²) in [5.74, 6) is 1.76. The summed E-state index contributed by atoms with van der Waals surface area (Å²) in [6.45, 7) is 2.24. The van der Waals surface area contributed by atoms with Crippen molar-refractivity contribution in [1.82, 2.24) is 15.0 Å². The van der Waals surface area contributed by atoms with E-state index < -0.39 is 0 Å². The molecule has 4 rings (SSSR count). The highest BCUT2D eigenvalue weighted by Gasteiger charge is 2.25. The minimum Gasteiger partial charge on any atom is -0.497 e. The van der Waals surface area contributed by atoms with Gasteiger partial charge in [0.05, 0.1) is 12.5 Å². The van der Waals surface area contributed by atoms with E-state index in [4.69, 9.17) is 15.5 Å². The third-order valence-corrected chi connectivity index (χ3v) is 4.85. The first-order chi connectivity index (χ1) is 11.7. The second-order valence-electron chi connectivity index (χ2n) is 6.33. The summed E-state index contributed by atoms with van der Waals surface area (Å²) >= 11 is 0. The van der Waals surface area contributed by atoms with Crippen molar-refractivity contribution in [2.45, 2.75) is 32.1 Å². The molecule has 0 aliphatic heterocycles. The van der Waals surface area contributed by atoms with Crippen molar-refractivity contribution in [2.24, 2.45) is 0 Å². The quantitative estimate of drug-likeness (QED) is 0.779. The molecule has 0 saturated carbocycles. The van der Waals surface area contributed by atoms with Crippen LogP contribution in [0.1, 0.15) is 36.9 Å². The first kappa shape index (κ1) is 14.9. The molecule has 0 radical (unpaired) electrons. The molecule has 122 valence electrons. The molecule has 2 heterocycles. The first-order valence-electron chi connectivity index (χ1n) is 8.26. The van der Waals surface area contributed by atoms with Gasteiger partial charge in [0.1, 0.15) is 17.9 Å². The van der Waals surface area contributed by atoms with Gasteiger partial charge in [-0.15, -0.1) is 0 Å². The summed E-state index contributed by atoms with van der Waals surface area (Å²) in [6, 6.07) is 8.08. The smallest absolute Gasteiger partial charge is 0.165 e. The first-order valence-corrected chi connectivity index (χ1v) is 8.26.